The third-order valence-electron chi connectivity index (χ3n) is 2.83. The van der Waals surface area contributed by atoms with Gasteiger partial charge < -0.3 is 0 Å². The number of imidazole rings is 1. The first-order valence-corrected chi connectivity index (χ1v) is 8.83. The first-order valence-electron chi connectivity index (χ1n) is 7.22. The molecule has 22 heavy (non-hydrogen) atoms. The highest BCUT2D eigenvalue weighted by Crippen LogP contribution is 2.22. The van der Waals surface area contributed by atoms with Gasteiger partial charge in [0.15, 0.2) is 5.78 Å². The lowest BCUT2D eigenvalue weighted by atomic mass is 9.90. The molecule has 2 N–H and O–H groups in total. The fraction of sp³-hybridized carbons (Fsp3) is 0.600. The van der Waals surface area contributed by atoms with Crippen LogP contribution in [0.4, 0.5) is 0 Å². The number of hydrogen-bond donors (Lipinski definition) is 2. The molecule has 7 heteroatoms. The zero-order valence-corrected chi connectivity index (χ0v) is 14.4. The normalized spacial score (nSPS) is 11.5. The van der Waals surface area contributed by atoms with Crippen LogP contribution in [-0.2, 0) is 21.5 Å². The van der Waals surface area contributed by atoms with Crippen molar-refractivity contribution in [3.8, 4) is 0 Å². The Morgan fingerprint density at radius 3 is 2.50 bits per heavy atom. The van der Waals surface area contributed by atoms with E-state index in [1.807, 2.05) is 12.5 Å². The van der Waals surface area contributed by atoms with Crippen LogP contribution in [0.5, 0.6) is 0 Å². The van der Waals surface area contributed by atoms with E-state index >= 15 is 0 Å². The van der Waals surface area contributed by atoms with Crippen LogP contribution in [-0.4, -0.2) is 29.5 Å². The highest BCUT2D eigenvalue weighted by atomic mass is 32.2. The lowest BCUT2D eigenvalue weighted by molar-refractivity contribution is -0.696. The monoisotopic (exact) mass is 331 g/mol. The molecule has 0 bridgehead atoms. The second-order valence-electron chi connectivity index (χ2n) is 5.94. The molecule has 0 aromatic carbocycles. The van der Waals surface area contributed by atoms with Crippen LogP contribution in [0.1, 0.15) is 40.0 Å². The van der Waals surface area contributed by atoms with E-state index in [0.717, 1.165) is 12.6 Å². The highest BCUT2D eigenvalue weighted by molar-refractivity contribution is 7.85. The number of carbonyl (C=O) groups excluding carboxylic acids is 1. The number of allylic oxidation sites excluding steroid dienone is 1. The second kappa shape index (κ2) is 9.53. The molecule has 0 aliphatic carbocycles. The molecule has 0 spiro atoms. The first-order chi connectivity index (χ1) is 10.1. The number of aryl methyl sites for hydroxylation is 1. The van der Waals surface area contributed by atoms with Crippen molar-refractivity contribution < 1.29 is 22.3 Å². The summed E-state index contributed by atoms with van der Waals surface area (Å²) in [6, 6.07) is 0. The van der Waals surface area contributed by atoms with Gasteiger partial charge in [-0.1, -0.05) is 33.8 Å². The lowest BCUT2D eigenvalue weighted by Crippen LogP contribution is -2.29. The minimum absolute atomic E-state index is 0.0658. The van der Waals surface area contributed by atoms with Gasteiger partial charge in [0.2, 0.25) is 6.33 Å². The summed E-state index contributed by atoms with van der Waals surface area (Å²) in [6.45, 7) is 9.82. The van der Waals surface area contributed by atoms with Gasteiger partial charge in [-0.05, 0) is 17.9 Å². The van der Waals surface area contributed by atoms with Crippen molar-refractivity contribution >= 4 is 15.9 Å². The molecule has 1 aromatic rings. The molecule has 0 saturated carbocycles. The zero-order chi connectivity index (χ0) is 17.2. The lowest BCUT2D eigenvalue weighted by Gasteiger charge is -2.20. The van der Waals surface area contributed by atoms with E-state index in [-0.39, 0.29) is 12.2 Å². The van der Waals surface area contributed by atoms with Crippen LogP contribution < -0.4 is 4.57 Å². The topological polar surface area (TPSA) is 91.1 Å². The Morgan fingerprint density at radius 2 is 2.09 bits per heavy atom. The van der Waals surface area contributed by atoms with Gasteiger partial charge in [-0.15, -0.1) is 0 Å². The number of carbonyl (C=O) groups is 1. The zero-order valence-electron chi connectivity index (χ0n) is 13.6. The van der Waals surface area contributed by atoms with Gasteiger partial charge in [-0.2, -0.15) is 8.42 Å². The average molecular weight is 331 g/mol. The van der Waals surface area contributed by atoms with Crippen molar-refractivity contribution in [1.82, 2.24) is 4.98 Å². The Kier molecular flexibility index (Phi) is 8.89. The maximum atomic E-state index is 10.9. The minimum atomic E-state index is -4.02. The molecule has 126 valence electrons. The van der Waals surface area contributed by atoms with Gasteiger partial charge in [0.25, 0.3) is 10.1 Å². The van der Waals surface area contributed by atoms with Crippen LogP contribution >= 0.6 is 0 Å². The quantitative estimate of drug-likeness (QED) is 0.434. The summed E-state index contributed by atoms with van der Waals surface area (Å²) in [4.78, 5) is 13.9. The molecule has 6 nitrogen and oxygen atoms in total. The fourth-order valence-electron chi connectivity index (χ4n) is 1.89. The summed E-state index contributed by atoms with van der Waals surface area (Å²) in [5.74, 6) is -0.645. The molecule has 0 atom stereocenters. The van der Waals surface area contributed by atoms with Crippen LogP contribution in [0.15, 0.2) is 31.4 Å². The predicted octanol–water partition coefficient (Wildman–Crippen LogP) is 2.15. The number of H-pyrrole nitrogens is 1. The third kappa shape index (κ3) is 11.2. The summed E-state index contributed by atoms with van der Waals surface area (Å²) in [5, 5.41) is 0. The number of aromatic amines is 1. The van der Waals surface area contributed by atoms with E-state index in [1.54, 1.807) is 13.8 Å². The molecular weight excluding hydrogens is 304 g/mol. The maximum absolute atomic E-state index is 10.9. The maximum Gasteiger partial charge on any atom is 0.265 e. The number of nitrogens with zero attached hydrogens (tertiary/aromatic N) is 1. The van der Waals surface area contributed by atoms with Crippen LogP contribution in [0.2, 0.25) is 0 Å². The standard InChI is InChI=1S/C8H14O4S.C7H12N2/c1-4-7(9)5-8(2,3)6-13(10,11)12;1-2-3-5-9-6-4-8-7-9/h4H,1,5-6H2,2-3H3,(H,10,11,12);4,6-7H,2-3,5H2,1H3/p+1. The molecule has 1 rings (SSSR count). The number of hydrogen-bond acceptors (Lipinski definition) is 3. The number of nitrogens with one attached hydrogen (secondary N) is 1. The van der Waals surface area contributed by atoms with E-state index in [9.17, 15) is 13.2 Å². The molecule has 0 unspecified atom stereocenters. The van der Waals surface area contributed by atoms with E-state index in [2.05, 4.69) is 29.3 Å². The second-order valence-corrected chi connectivity index (χ2v) is 7.39. The Balaban J connectivity index is 0.000000425. The first kappa shape index (κ1) is 20.5. The molecule has 0 aliphatic heterocycles. The predicted molar refractivity (Wildman–Crippen MR) is 85.9 cm³/mol. The van der Waals surface area contributed by atoms with Crippen LogP contribution in [0.25, 0.3) is 0 Å². The summed E-state index contributed by atoms with van der Waals surface area (Å²) < 4.78 is 31.8. The molecule has 0 fully saturated rings. The Bertz CT molecular complexity index is 548. The van der Waals surface area contributed by atoms with Crippen molar-refractivity contribution in [1.29, 1.82) is 0 Å². The van der Waals surface area contributed by atoms with E-state index in [1.165, 1.54) is 12.8 Å². The van der Waals surface area contributed by atoms with Crippen molar-refractivity contribution in [3.05, 3.63) is 31.4 Å². The molecule has 0 radical (unpaired) electrons. The molecule has 1 aromatic heterocycles. The van der Waals surface area contributed by atoms with Crippen LogP contribution in [0, 0.1) is 5.41 Å². The summed E-state index contributed by atoms with van der Waals surface area (Å²) in [6.07, 6.45) is 9.71. The van der Waals surface area contributed by atoms with Gasteiger partial charge in [-0.25, -0.2) is 4.57 Å². The van der Waals surface area contributed by atoms with Gasteiger partial charge in [0.1, 0.15) is 12.4 Å². The summed E-state index contributed by atoms with van der Waals surface area (Å²) >= 11 is 0. The molecule has 0 amide bonds. The number of rotatable bonds is 8. The van der Waals surface area contributed by atoms with Gasteiger partial charge in [0.05, 0.1) is 12.3 Å². The Hall–Kier alpha value is -1.47. The van der Waals surface area contributed by atoms with Crippen LogP contribution in [0.3, 0.4) is 0 Å². The average Bonchev–Trinajstić information content (AvgIpc) is 2.86. The van der Waals surface area contributed by atoms with Gasteiger partial charge in [0, 0.05) is 6.42 Å². The summed E-state index contributed by atoms with van der Waals surface area (Å²) in [7, 11) is -4.02. The third-order valence-corrected chi connectivity index (χ3v) is 3.97. The minimum Gasteiger partial charge on any atom is -0.295 e. The van der Waals surface area contributed by atoms with Gasteiger partial charge >= 0.3 is 0 Å². The van der Waals surface area contributed by atoms with Crippen molar-refractivity contribution in [2.45, 2.75) is 46.6 Å². The Labute approximate surface area is 133 Å². The highest BCUT2D eigenvalue weighted by Gasteiger charge is 2.26. The van der Waals surface area contributed by atoms with Crippen molar-refractivity contribution in [2.24, 2.45) is 5.41 Å². The summed E-state index contributed by atoms with van der Waals surface area (Å²) in [5.41, 5.74) is -0.751. The SMILES string of the molecule is C=CC(=O)CC(C)(C)CS(=O)(=O)O.CCCC[n+]1cc[nH]c1. The number of ketones is 1. The molecule has 1 heterocycles. The molecule has 0 aliphatic rings. The van der Waals surface area contributed by atoms with E-state index < -0.39 is 21.3 Å². The van der Waals surface area contributed by atoms with E-state index in [4.69, 9.17) is 4.55 Å². The number of unbranched alkanes of at least 4 members (excludes halogenated alkanes) is 1. The largest absolute Gasteiger partial charge is 0.295 e. The van der Waals surface area contributed by atoms with Crippen molar-refractivity contribution in [3.63, 3.8) is 0 Å². The molecule has 0 saturated heterocycles. The van der Waals surface area contributed by atoms with Gasteiger partial charge in [-0.3, -0.25) is 14.3 Å². The number of aromatic nitrogens is 2. The van der Waals surface area contributed by atoms with Crippen molar-refractivity contribution in [2.75, 3.05) is 5.75 Å². The smallest absolute Gasteiger partial charge is 0.265 e. The Morgan fingerprint density at radius 1 is 1.45 bits per heavy atom. The van der Waals surface area contributed by atoms with E-state index in [0.29, 0.717) is 0 Å². The fourth-order valence-corrected chi connectivity index (χ4v) is 2.98. The molecular formula is C15H27N2O4S+.